The van der Waals surface area contributed by atoms with Crippen molar-refractivity contribution in [2.24, 2.45) is 5.92 Å². The molecule has 0 spiro atoms. The molecule has 3 N–H and O–H groups in total. The van der Waals surface area contributed by atoms with Crippen LogP contribution in [0.1, 0.15) is 52.5 Å². The third kappa shape index (κ3) is 4.05. The van der Waals surface area contributed by atoms with Crippen LogP contribution in [-0.4, -0.2) is 28.9 Å². The molecule has 0 bridgehead atoms. The normalized spacial score (nSPS) is 23.7. The summed E-state index contributed by atoms with van der Waals surface area (Å²) in [7, 11) is 0. The Kier molecular flexibility index (Phi) is 5.69. The molecule has 3 atom stereocenters. The van der Waals surface area contributed by atoms with Crippen LogP contribution in [0.2, 0.25) is 0 Å². The van der Waals surface area contributed by atoms with Crippen molar-refractivity contribution in [3.8, 4) is 0 Å². The van der Waals surface area contributed by atoms with Gasteiger partial charge < -0.3 is 11.1 Å². The Morgan fingerprint density at radius 1 is 1.26 bits per heavy atom. The summed E-state index contributed by atoms with van der Waals surface area (Å²) in [5.74, 6) is 0.338. The predicted octanol–water partition coefficient (Wildman–Crippen LogP) is 3.80. The lowest BCUT2D eigenvalue weighted by atomic mass is 9.90. The molecule has 4 heteroatoms. The van der Waals surface area contributed by atoms with Crippen LogP contribution in [0.4, 0.5) is 11.4 Å². The molecule has 4 nitrogen and oxygen atoms in total. The summed E-state index contributed by atoms with van der Waals surface area (Å²) in [6.07, 6.45) is 3.58. The standard InChI is InChI=1S/C19H31N3O/c1-12(2)18(22-14(4)7-6-8-15(22)5)19(23)21-16-10-9-13(3)17(20)11-16/h9-12,14-15,18H,6-8,20H2,1-5H3,(H,21,23). The highest BCUT2D eigenvalue weighted by molar-refractivity contribution is 5.95. The summed E-state index contributed by atoms with van der Waals surface area (Å²) in [4.78, 5) is 15.4. The van der Waals surface area contributed by atoms with Gasteiger partial charge in [0.15, 0.2) is 0 Å². The van der Waals surface area contributed by atoms with Gasteiger partial charge in [-0.25, -0.2) is 0 Å². The van der Waals surface area contributed by atoms with Crippen molar-refractivity contribution in [2.75, 3.05) is 11.1 Å². The Hall–Kier alpha value is -1.55. The number of amides is 1. The van der Waals surface area contributed by atoms with E-state index in [2.05, 4.69) is 37.9 Å². The lowest BCUT2D eigenvalue weighted by molar-refractivity contribution is -0.126. The fourth-order valence-corrected chi connectivity index (χ4v) is 3.71. The molecule has 1 aliphatic heterocycles. The van der Waals surface area contributed by atoms with E-state index < -0.39 is 0 Å². The van der Waals surface area contributed by atoms with Gasteiger partial charge >= 0.3 is 0 Å². The van der Waals surface area contributed by atoms with Gasteiger partial charge in [0.25, 0.3) is 0 Å². The molecular formula is C19H31N3O. The minimum Gasteiger partial charge on any atom is -0.398 e. The first-order valence-corrected chi connectivity index (χ1v) is 8.75. The number of carbonyl (C=O) groups excluding carboxylic acids is 1. The second-order valence-electron chi connectivity index (χ2n) is 7.33. The number of nitrogens with one attached hydrogen (secondary N) is 1. The molecule has 0 aliphatic carbocycles. The van der Waals surface area contributed by atoms with E-state index in [1.165, 1.54) is 6.42 Å². The molecule has 1 amide bonds. The van der Waals surface area contributed by atoms with Gasteiger partial charge in [0.1, 0.15) is 0 Å². The van der Waals surface area contributed by atoms with Gasteiger partial charge in [0, 0.05) is 23.5 Å². The second kappa shape index (κ2) is 7.35. The largest absolute Gasteiger partial charge is 0.398 e. The van der Waals surface area contributed by atoms with Crippen molar-refractivity contribution >= 4 is 17.3 Å². The van der Waals surface area contributed by atoms with Gasteiger partial charge in [-0.15, -0.1) is 0 Å². The van der Waals surface area contributed by atoms with E-state index in [1.807, 2.05) is 25.1 Å². The fraction of sp³-hybridized carbons (Fsp3) is 0.632. The molecule has 1 aromatic rings. The molecule has 1 aromatic carbocycles. The van der Waals surface area contributed by atoms with Crippen LogP contribution >= 0.6 is 0 Å². The van der Waals surface area contributed by atoms with E-state index >= 15 is 0 Å². The molecule has 23 heavy (non-hydrogen) atoms. The lowest BCUT2D eigenvalue weighted by Gasteiger charge is -2.45. The topological polar surface area (TPSA) is 58.4 Å². The number of hydrogen-bond donors (Lipinski definition) is 2. The molecule has 3 unspecified atom stereocenters. The summed E-state index contributed by atoms with van der Waals surface area (Å²) < 4.78 is 0. The number of aryl methyl sites for hydroxylation is 1. The third-order valence-electron chi connectivity index (χ3n) is 5.03. The average molecular weight is 317 g/mol. The smallest absolute Gasteiger partial charge is 0.242 e. The zero-order valence-electron chi connectivity index (χ0n) is 15.1. The number of nitrogens with two attached hydrogens (primary N) is 1. The van der Waals surface area contributed by atoms with Crippen molar-refractivity contribution in [1.29, 1.82) is 0 Å². The summed E-state index contributed by atoms with van der Waals surface area (Å²) in [6.45, 7) is 10.7. The monoisotopic (exact) mass is 317 g/mol. The predicted molar refractivity (Wildman–Crippen MR) is 97.5 cm³/mol. The van der Waals surface area contributed by atoms with E-state index in [1.54, 1.807) is 0 Å². The highest BCUT2D eigenvalue weighted by Gasteiger charge is 2.36. The van der Waals surface area contributed by atoms with Crippen LogP contribution in [0.3, 0.4) is 0 Å². The molecule has 1 heterocycles. The van der Waals surface area contributed by atoms with Crippen LogP contribution < -0.4 is 11.1 Å². The first-order valence-electron chi connectivity index (χ1n) is 8.75. The number of piperidine rings is 1. The quantitative estimate of drug-likeness (QED) is 0.830. The number of benzene rings is 1. The second-order valence-corrected chi connectivity index (χ2v) is 7.33. The minimum atomic E-state index is -0.108. The molecule has 0 saturated carbocycles. The van der Waals surface area contributed by atoms with Crippen LogP contribution in [0.15, 0.2) is 18.2 Å². The van der Waals surface area contributed by atoms with Gasteiger partial charge in [0.2, 0.25) is 5.91 Å². The molecule has 1 saturated heterocycles. The number of nitrogen functional groups attached to an aromatic ring is 1. The highest BCUT2D eigenvalue weighted by atomic mass is 16.2. The number of nitrogens with zero attached hydrogens (tertiary/aromatic N) is 1. The number of rotatable bonds is 4. The van der Waals surface area contributed by atoms with Crippen molar-refractivity contribution in [2.45, 2.75) is 72.0 Å². The van der Waals surface area contributed by atoms with Crippen LogP contribution in [0, 0.1) is 12.8 Å². The molecule has 1 fully saturated rings. The Balaban J connectivity index is 2.19. The summed E-state index contributed by atoms with van der Waals surface area (Å²) in [5, 5.41) is 3.07. The molecule has 1 aliphatic rings. The van der Waals surface area contributed by atoms with Crippen molar-refractivity contribution in [3.63, 3.8) is 0 Å². The first kappa shape index (κ1) is 17.8. The van der Waals surface area contributed by atoms with Gasteiger partial charge in [-0.05, 0) is 57.2 Å². The lowest BCUT2D eigenvalue weighted by Crippen LogP contribution is -2.56. The molecular weight excluding hydrogens is 286 g/mol. The van der Waals surface area contributed by atoms with Gasteiger partial charge in [0.05, 0.1) is 6.04 Å². The SMILES string of the molecule is Cc1ccc(NC(=O)C(C(C)C)N2C(C)CCCC2C)cc1N. The highest BCUT2D eigenvalue weighted by Crippen LogP contribution is 2.28. The van der Waals surface area contributed by atoms with E-state index in [4.69, 9.17) is 5.73 Å². The van der Waals surface area contributed by atoms with Crippen LogP contribution in [-0.2, 0) is 4.79 Å². The molecule has 0 radical (unpaired) electrons. The Bertz CT molecular complexity index is 546. The summed E-state index contributed by atoms with van der Waals surface area (Å²) in [6, 6.07) is 6.49. The van der Waals surface area contributed by atoms with Crippen molar-refractivity contribution in [3.05, 3.63) is 23.8 Å². The third-order valence-corrected chi connectivity index (χ3v) is 5.03. The summed E-state index contributed by atoms with van der Waals surface area (Å²) in [5.41, 5.74) is 8.48. The fourth-order valence-electron chi connectivity index (χ4n) is 3.71. The summed E-state index contributed by atoms with van der Waals surface area (Å²) >= 11 is 0. The number of hydrogen-bond acceptors (Lipinski definition) is 3. The van der Waals surface area contributed by atoms with Crippen LogP contribution in [0.5, 0.6) is 0 Å². The van der Waals surface area contributed by atoms with Crippen molar-refractivity contribution in [1.82, 2.24) is 4.90 Å². The Labute approximate surface area is 140 Å². The Morgan fingerprint density at radius 2 is 1.87 bits per heavy atom. The first-order chi connectivity index (χ1) is 10.8. The maximum atomic E-state index is 12.9. The zero-order chi connectivity index (χ0) is 17.1. The zero-order valence-corrected chi connectivity index (χ0v) is 15.1. The van der Waals surface area contributed by atoms with Gasteiger partial charge in [-0.2, -0.15) is 0 Å². The number of likely N-dealkylation sites (tertiary alicyclic amines) is 1. The number of carbonyl (C=O) groups is 1. The van der Waals surface area contributed by atoms with E-state index in [-0.39, 0.29) is 17.9 Å². The molecule has 2 rings (SSSR count). The van der Waals surface area contributed by atoms with Gasteiger partial charge in [-0.1, -0.05) is 26.3 Å². The minimum absolute atomic E-state index is 0.0730. The average Bonchev–Trinajstić information content (AvgIpc) is 2.46. The molecule has 128 valence electrons. The number of anilines is 2. The maximum Gasteiger partial charge on any atom is 0.242 e. The van der Waals surface area contributed by atoms with E-state index in [0.29, 0.717) is 17.8 Å². The Morgan fingerprint density at radius 3 is 2.39 bits per heavy atom. The van der Waals surface area contributed by atoms with Crippen LogP contribution in [0.25, 0.3) is 0 Å². The van der Waals surface area contributed by atoms with Crippen molar-refractivity contribution < 1.29 is 4.79 Å². The maximum absolute atomic E-state index is 12.9. The van der Waals surface area contributed by atoms with E-state index in [0.717, 1.165) is 24.1 Å². The van der Waals surface area contributed by atoms with E-state index in [9.17, 15) is 4.79 Å². The van der Waals surface area contributed by atoms with Gasteiger partial charge in [-0.3, -0.25) is 9.69 Å². The molecule has 0 aromatic heterocycles.